The highest BCUT2D eigenvalue weighted by Gasteiger charge is 2.06. The van der Waals surface area contributed by atoms with E-state index >= 15 is 0 Å². The summed E-state index contributed by atoms with van der Waals surface area (Å²) in [5, 5.41) is 9.37. The van der Waals surface area contributed by atoms with Gasteiger partial charge in [0, 0.05) is 12.2 Å². The van der Waals surface area contributed by atoms with E-state index in [4.69, 9.17) is 12.2 Å². The number of para-hydroxylation sites is 1. The van der Waals surface area contributed by atoms with E-state index < -0.39 is 0 Å². The molecule has 1 amide bonds. The van der Waals surface area contributed by atoms with Crippen molar-refractivity contribution in [3.63, 3.8) is 0 Å². The zero-order valence-corrected chi connectivity index (χ0v) is 14.0. The second-order valence-electron chi connectivity index (χ2n) is 5.08. The molecule has 4 nitrogen and oxygen atoms in total. The molecule has 0 aliphatic rings. The number of aryl methyl sites for hydroxylation is 1. The largest absolute Gasteiger partial charge is 0.359 e. The average Bonchev–Trinajstić information content (AvgIpc) is 2.59. The minimum Gasteiger partial charge on any atom is -0.359 e. The van der Waals surface area contributed by atoms with Gasteiger partial charge >= 0.3 is 0 Å². The Hall–Kier alpha value is -2.40. The summed E-state index contributed by atoms with van der Waals surface area (Å²) >= 11 is 5.18. The molecular formula is C18H21N3OS. The lowest BCUT2D eigenvalue weighted by Gasteiger charge is -2.12. The first kappa shape index (κ1) is 17.0. The minimum atomic E-state index is -0.116. The molecule has 0 spiro atoms. The monoisotopic (exact) mass is 327 g/mol. The van der Waals surface area contributed by atoms with Crippen LogP contribution in [0.25, 0.3) is 0 Å². The molecule has 3 N–H and O–H groups in total. The Morgan fingerprint density at radius 1 is 1.00 bits per heavy atom. The maximum absolute atomic E-state index is 12.0. The fourth-order valence-electron chi connectivity index (χ4n) is 2.15. The Bertz CT molecular complexity index is 658. The highest BCUT2D eigenvalue weighted by molar-refractivity contribution is 7.80. The first-order valence-electron chi connectivity index (χ1n) is 7.62. The van der Waals surface area contributed by atoms with Crippen LogP contribution in [0.2, 0.25) is 0 Å². The predicted molar refractivity (Wildman–Crippen MR) is 98.3 cm³/mol. The summed E-state index contributed by atoms with van der Waals surface area (Å²) in [6.07, 6.45) is 0.876. The molecule has 0 radical (unpaired) electrons. The number of rotatable bonds is 6. The van der Waals surface area contributed by atoms with Crippen molar-refractivity contribution in [1.82, 2.24) is 10.6 Å². The SMILES string of the molecule is CCc1ccccc1NC(=O)CNC(=S)NCc1ccccc1. The van der Waals surface area contributed by atoms with Crippen LogP contribution in [0.1, 0.15) is 18.1 Å². The molecule has 0 bridgehead atoms. The number of hydrogen-bond donors (Lipinski definition) is 3. The number of carbonyl (C=O) groups excluding carboxylic acids is 1. The number of hydrogen-bond acceptors (Lipinski definition) is 2. The summed E-state index contributed by atoms with van der Waals surface area (Å²) < 4.78 is 0. The molecule has 2 aromatic rings. The van der Waals surface area contributed by atoms with E-state index in [1.54, 1.807) is 0 Å². The molecule has 0 aliphatic heterocycles. The van der Waals surface area contributed by atoms with Crippen LogP contribution in [0.5, 0.6) is 0 Å². The summed E-state index contributed by atoms with van der Waals surface area (Å²) in [5.74, 6) is -0.116. The van der Waals surface area contributed by atoms with E-state index in [0.717, 1.165) is 23.2 Å². The lowest BCUT2D eigenvalue weighted by atomic mass is 10.1. The Balaban J connectivity index is 1.74. The second-order valence-corrected chi connectivity index (χ2v) is 5.49. The highest BCUT2D eigenvalue weighted by Crippen LogP contribution is 2.14. The van der Waals surface area contributed by atoms with E-state index in [1.807, 2.05) is 54.6 Å². The predicted octanol–water partition coefficient (Wildman–Crippen LogP) is 2.85. The maximum Gasteiger partial charge on any atom is 0.243 e. The van der Waals surface area contributed by atoms with Crippen LogP contribution >= 0.6 is 12.2 Å². The summed E-state index contributed by atoms with van der Waals surface area (Å²) in [4.78, 5) is 12.0. The van der Waals surface area contributed by atoms with E-state index in [2.05, 4.69) is 22.9 Å². The van der Waals surface area contributed by atoms with Gasteiger partial charge < -0.3 is 16.0 Å². The van der Waals surface area contributed by atoms with E-state index in [-0.39, 0.29) is 12.5 Å². The molecule has 0 heterocycles. The van der Waals surface area contributed by atoms with Crippen molar-refractivity contribution >= 4 is 28.9 Å². The van der Waals surface area contributed by atoms with E-state index in [0.29, 0.717) is 11.7 Å². The van der Waals surface area contributed by atoms with Crippen molar-refractivity contribution in [2.45, 2.75) is 19.9 Å². The molecule has 0 atom stereocenters. The summed E-state index contributed by atoms with van der Waals surface area (Å²) in [5.41, 5.74) is 3.11. The van der Waals surface area contributed by atoms with Gasteiger partial charge in [0.05, 0.1) is 6.54 Å². The Labute approximate surface area is 142 Å². The van der Waals surface area contributed by atoms with Crippen molar-refractivity contribution in [2.75, 3.05) is 11.9 Å². The molecule has 0 unspecified atom stereocenters. The first-order valence-corrected chi connectivity index (χ1v) is 8.03. The minimum absolute atomic E-state index is 0.116. The third kappa shape index (κ3) is 5.71. The quantitative estimate of drug-likeness (QED) is 0.714. The number of thiocarbonyl (C=S) groups is 1. The lowest BCUT2D eigenvalue weighted by Crippen LogP contribution is -2.39. The average molecular weight is 327 g/mol. The van der Waals surface area contributed by atoms with Crippen LogP contribution in [0.15, 0.2) is 54.6 Å². The van der Waals surface area contributed by atoms with Gasteiger partial charge in [0.2, 0.25) is 5.91 Å². The number of carbonyl (C=O) groups is 1. The van der Waals surface area contributed by atoms with Crippen molar-refractivity contribution in [3.8, 4) is 0 Å². The van der Waals surface area contributed by atoms with Gasteiger partial charge in [0.1, 0.15) is 0 Å². The summed E-state index contributed by atoms with van der Waals surface area (Å²) in [6.45, 7) is 2.83. The number of anilines is 1. The standard InChI is InChI=1S/C18H21N3OS/c1-2-15-10-6-7-11-16(15)21-17(22)13-20-18(23)19-12-14-8-4-3-5-9-14/h3-11H,2,12-13H2,1H3,(H,21,22)(H2,19,20,23). The Kier molecular flexibility index (Phi) is 6.56. The molecule has 0 aliphatic carbocycles. The second kappa shape index (κ2) is 8.90. The van der Waals surface area contributed by atoms with Gasteiger partial charge in [-0.1, -0.05) is 55.5 Å². The Morgan fingerprint density at radius 2 is 1.70 bits per heavy atom. The molecule has 120 valence electrons. The van der Waals surface area contributed by atoms with Crippen LogP contribution in [-0.2, 0) is 17.8 Å². The van der Waals surface area contributed by atoms with Crippen molar-refractivity contribution < 1.29 is 4.79 Å². The zero-order chi connectivity index (χ0) is 16.5. The van der Waals surface area contributed by atoms with Gasteiger partial charge in [0.15, 0.2) is 5.11 Å². The zero-order valence-electron chi connectivity index (χ0n) is 13.1. The maximum atomic E-state index is 12.0. The first-order chi connectivity index (χ1) is 11.2. The summed E-state index contributed by atoms with van der Waals surface area (Å²) in [6, 6.07) is 17.8. The molecule has 2 rings (SSSR count). The molecule has 5 heteroatoms. The molecule has 0 fully saturated rings. The third-order valence-corrected chi connectivity index (χ3v) is 3.67. The van der Waals surface area contributed by atoms with Crippen LogP contribution < -0.4 is 16.0 Å². The topological polar surface area (TPSA) is 53.2 Å². The summed E-state index contributed by atoms with van der Waals surface area (Å²) in [7, 11) is 0. The van der Waals surface area contributed by atoms with Gasteiger partial charge in [-0.3, -0.25) is 4.79 Å². The van der Waals surface area contributed by atoms with Crippen LogP contribution in [0.3, 0.4) is 0 Å². The van der Waals surface area contributed by atoms with Crippen molar-refractivity contribution in [1.29, 1.82) is 0 Å². The number of amides is 1. The van der Waals surface area contributed by atoms with Gasteiger partial charge in [-0.15, -0.1) is 0 Å². The molecule has 0 saturated heterocycles. The molecule has 0 saturated carbocycles. The third-order valence-electron chi connectivity index (χ3n) is 3.38. The molecule has 23 heavy (non-hydrogen) atoms. The lowest BCUT2D eigenvalue weighted by molar-refractivity contribution is -0.115. The number of nitrogens with one attached hydrogen (secondary N) is 3. The van der Waals surface area contributed by atoms with Gasteiger partial charge in [-0.05, 0) is 35.8 Å². The van der Waals surface area contributed by atoms with Crippen molar-refractivity contribution in [2.24, 2.45) is 0 Å². The van der Waals surface area contributed by atoms with E-state index in [9.17, 15) is 4.79 Å². The molecular weight excluding hydrogens is 306 g/mol. The van der Waals surface area contributed by atoms with Crippen LogP contribution in [0.4, 0.5) is 5.69 Å². The van der Waals surface area contributed by atoms with E-state index in [1.165, 1.54) is 0 Å². The van der Waals surface area contributed by atoms with Gasteiger partial charge in [-0.2, -0.15) is 0 Å². The normalized spacial score (nSPS) is 9.96. The fraction of sp³-hybridized carbons (Fsp3) is 0.222. The fourth-order valence-corrected chi connectivity index (χ4v) is 2.29. The number of benzene rings is 2. The molecule has 0 aromatic heterocycles. The smallest absolute Gasteiger partial charge is 0.243 e. The molecule has 2 aromatic carbocycles. The highest BCUT2D eigenvalue weighted by atomic mass is 32.1. The van der Waals surface area contributed by atoms with Gasteiger partial charge in [0.25, 0.3) is 0 Å². The van der Waals surface area contributed by atoms with Gasteiger partial charge in [-0.25, -0.2) is 0 Å². The van der Waals surface area contributed by atoms with Crippen LogP contribution in [0, 0.1) is 0 Å². The van der Waals surface area contributed by atoms with Crippen molar-refractivity contribution in [3.05, 3.63) is 65.7 Å². The van der Waals surface area contributed by atoms with Crippen LogP contribution in [-0.4, -0.2) is 17.6 Å². The Morgan fingerprint density at radius 3 is 2.43 bits per heavy atom.